The Hall–Kier alpha value is -2.19. The van der Waals surface area contributed by atoms with Crippen molar-refractivity contribution in [2.45, 2.75) is 18.2 Å². The van der Waals surface area contributed by atoms with Crippen LogP contribution in [0.25, 0.3) is 0 Å². The number of hydrogen-bond acceptors (Lipinski definition) is 7. The number of nitrogens with one attached hydrogen (secondary N) is 2. The summed E-state index contributed by atoms with van der Waals surface area (Å²) in [4.78, 5) is 19.2. The summed E-state index contributed by atoms with van der Waals surface area (Å²) in [5, 5.41) is 17.9. The van der Waals surface area contributed by atoms with Crippen LogP contribution in [0.15, 0.2) is 35.6 Å². The highest BCUT2D eigenvalue weighted by Gasteiger charge is 2.12. The maximum absolute atomic E-state index is 11.0. The third-order valence-corrected chi connectivity index (χ3v) is 3.64. The monoisotopic (exact) mass is 319 g/mol. The van der Waals surface area contributed by atoms with Gasteiger partial charge in [0.15, 0.2) is 5.16 Å². The second-order valence-corrected chi connectivity index (χ2v) is 5.24. The van der Waals surface area contributed by atoms with E-state index in [1.54, 1.807) is 31.4 Å². The Labute approximate surface area is 132 Å². The molecule has 1 aromatic heterocycles. The van der Waals surface area contributed by atoms with Gasteiger partial charge in [0.2, 0.25) is 0 Å². The summed E-state index contributed by atoms with van der Waals surface area (Å²) < 4.78 is 0. The minimum Gasteiger partial charge on any atom is -0.373 e. The fourth-order valence-corrected chi connectivity index (χ4v) is 2.35. The Bertz CT molecular complexity index is 665. The van der Waals surface area contributed by atoms with Crippen LogP contribution in [-0.2, 0) is 13.1 Å². The average Bonchev–Trinajstić information content (AvgIpc) is 2.55. The molecule has 7 nitrogen and oxygen atoms in total. The van der Waals surface area contributed by atoms with Crippen molar-refractivity contribution in [3.8, 4) is 0 Å². The molecule has 2 rings (SSSR count). The molecule has 1 heterocycles. The number of nitrogens with zero attached hydrogens (tertiary/aromatic N) is 3. The SMILES string of the molecule is CNc1nc(SC)ncc1CNCc1ccccc1[N+](=O)[O-]. The standard InChI is InChI=1S/C14H17N5O2S/c1-15-13-11(9-17-14(18-13)22-2)8-16-7-10-5-3-4-6-12(10)19(20)21/h3-6,9,16H,7-8H2,1-2H3,(H,15,17,18). The van der Waals surface area contributed by atoms with Crippen LogP contribution in [0.4, 0.5) is 11.5 Å². The number of hydrogen-bond donors (Lipinski definition) is 2. The maximum atomic E-state index is 11.0. The van der Waals surface area contributed by atoms with E-state index in [0.29, 0.717) is 23.8 Å². The van der Waals surface area contributed by atoms with E-state index in [1.807, 2.05) is 6.26 Å². The van der Waals surface area contributed by atoms with Gasteiger partial charge in [0.25, 0.3) is 5.69 Å². The zero-order valence-corrected chi connectivity index (χ0v) is 13.2. The predicted molar refractivity (Wildman–Crippen MR) is 87.0 cm³/mol. The molecule has 0 saturated heterocycles. The molecule has 8 heteroatoms. The Kier molecular flexibility index (Phi) is 5.68. The molecule has 0 unspecified atom stereocenters. The van der Waals surface area contributed by atoms with E-state index >= 15 is 0 Å². The largest absolute Gasteiger partial charge is 0.373 e. The van der Waals surface area contributed by atoms with E-state index in [9.17, 15) is 10.1 Å². The summed E-state index contributed by atoms with van der Waals surface area (Å²) in [6.45, 7) is 0.932. The lowest BCUT2D eigenvalue weighted by Crippen LogP contribution is -2.15. The highest BCUT2D eigenvalue weighted by molar-refractivity contribution is 7.98. The molecule has 0 spiro atoms. The van der Waals surface area contributed by atoms with E-state index in [-0.39, 0.29) is 10.6 Å². The van der Waals surface area contributed by atoms with Crippen LogP contribution in [0.3, 0.4) is 0 Å². The summed E-state index contributed by atoms with van der Waals surface area (Å²) in [5.41, 5.74) is 1.69. The smallest absolute Gasteiger partial charge is 0.273 e. The molecule has 0 aliphatic carbocycles. The molecule has 2 N–H and O–H groups in total. The number of aromatic nitrogens is 2. The van der Waals surface area contributed by atoms with Gasteiger partial charge in [0.1, 0.15) is 5.82 Å². The van der Waals surface area contributed by atoms with E-state index in [0.717, 1.165) is 11.4 Å². The quantitative estimate of drug-likeness (QED) is 0.350. The molecular weight excluding hydrogens is 302 g/mol. The number of benzene rings is 1. The number of nitro benzene ring substituents is 1. The fraction of sp³-hybridized carbons (Fsp3) is 0.286. The summed E-state index contributed by atoms with van der Waals surface area (Å²) in [6, 6.07) is 6.71. The molecule has 1 aromatic carbocycles. The lowest BCUT2D eigenvalue weighted by Gasteiger charge is -2.10. The second kappa shape index (κ2) is 7.71. The minimum atomic E-state index is -0.369. The first-order valence-corrected chi connectivity index (χ1v) is 7.89. The molecule has 0 radical (unpaired) electrons. The Morgan fingerprint density at radius 2 is 2.00 bits per heavy atom. The topological polar surface area (TPSA) is 93.0 Å². The third-order valence-electron chi connectivity index (χ3n) is 3.08. The lowest BCUT2D eigenvalue weighted by molar-refractivity contribution is -0.385. The Morgan fingerprint density at radius 3 is 2.68 bits per heavy atom. The normalized spacial score (nSPS) is 10.5. The van der Waals surface area contributed by atoms with Crippen LogP contribution >= 0.6 is 11.8 Å². The molecule has 0 aliphatic rings. The first-order chi connectivity index (χ1) is 10.7. The summed E-state index contributed by atoms with van der Waals surface area (Å²) >= 11 is 1.48. The highest BCUT2D eigenvalue weighted by atomic mass is 32.2. The zero-order valence-electron chi connectivity index (χ0n) is 12.4. The zero-order chi connectivity index (χ0) is 15.9. The van der Waals surface area contributed by atoms with Gasteiger partial charge in [-0.2, -0.15) is 0 Å². The molecule has 0 bridgehead atoms. The predicted octanol–water partition coefficient (Wildman–Crippen LogP) is 2.44. The van der Waals surface area contributed by atoms with Gasteiger partial charge in [0, 0.05) is 43.5 Å². The van der Waals surface area contributed by atoms with Gasteiger partial charge >= 0.3 is 0 Å². The van der Waals surface area contributed by atoms with E-state index < -0.39 is 0 Å². The molecule has 116 valence electrons. The minimum absolute atomic E-state index is 0.123. The molecule has 0 amide bonds. The van der Waals surface area contributed by atoms with Gasteiger partial charge in [-0.25, -0.2) is 9.97 Å². The van der Waals surface area contributed by atoms with E-state index in [1.165, 1.54) is 17.8 Å². The number of thioether (sulfide) groups is 1. The van der Waals surface area contributed by atoms with Crippen LogP contribution in [0.2, 0.25) is 0 Å². The third kappa shape index (κ3) is 3.92. The van der Waals surface area contributed by atoms with Crippen molar-refractivity contribution in [3.05, 3.63) is 51.7 Å². The number of nitro groups is 1. The van der Waals surface area contributed by atoms with Crippen molar-refractivity contribution >= 4 is 23.3 Å². The van der Waals surface area contributed by atoms with Crippen molar-refractivity contribution in [2.24, 2.45) is 0 Å². The molecule has 0 saturated carbocycles. The van der Waals surface area contributed by atoms with Gasteiger partial charge in [-0.3, -0.25) is 10.1 Å². The van der Waals surface area contributed by atoms with Crippen molar-refractivity contribution < 1.29 is 4.92 Å². The molecule has 0 fully saturated rings. The van der Waals surface area contributed by atoms with Crippen molar-refractivity contribution in [1.29, 1.82) is 0 Å². The van der Waals surface area contributed by atoms with Crippen LogP contribution in [0.1, 0.15) is 11.1 Å². The van der Waals surface area contributed by atoms with Crippen LogP contribution in [-0.4, -0.2) is 28.2 Å². The maximum Gasteiger partial charge on any atom is 0.273 e. The molecule has 0 atom stereocenters. The summed E-state index contributed by atoms with van der Waals surface area (Å²) in [6.07, 6.45) is 3.68. The number of anilines is 1. The Morgan fingerprint density at radius 1 is 1.27 bits per heavy atom. The van der Waals surface area contributed by atoms with Crippen molar-refractivity contribution in [1.82, 2.24) is 15.3 Å². The lowest BCUT2D eigenvalue weighted by atomic mass is 10.2. The molecular formula is C14H17N5O2S. The first-order valence-electron chi connectivity index (χ1n) is 6.66. The molecule has 0 aliphatic heterocycles. The van der Waals surface area contributed by atoms with Gasteiger partial charge in [-0.1, -0.05) is 30.0 Å². The van der Waals surface area contributed by atoms with Crippen LogP contribution < -0.4 is 10.6 Å². The number of para-hydroxylation sites is 1. The average molecular weight is 319 g/mol. The summed E-state index contributed by atoms with van der Waals surface area (Å²) in [7, 11) is 1.80. The molecule has 2 aromatic rings. The Balaban J connectivity index is 2.04. The van der Waals surface area contributed by atoms with Gasteiger partial charge in [0.05, 0.1) is 4.92 Å². The van der Waals surface area contributed by atoms with Gasteiger partial charge in [-0.05, 0) is 6.26 Å². The number of rotatable bonds is 7. The second-order valence-electron chi connectivity index (χ2n) is 4.47. The summed E-state index contributed by atoms with van der Waals surface area (Å²) in [5.74, 6) is 0.759. The van der Waals surface area contributed by atoms with E-state index in [4.69, 9.17) is 0 Å². The first kappa shape index (κ1) is 16.2. The van der Waals surface area contributed by atoms with Crippen molar-refractivity contribution in [3.63, 3.8) is 0 Å². The van der Waals surface area contributed by atoms with Gasteiger partial charge < -0.3 is 10.6 Å². The van der Waals surface area contributed by atoms with Gasteiger partial charge in [-0.15, -0.1) is 0 Å². The van der Waals surface area contributed by atoms with Crippen LogP contribution in [0.5, 0.6) is 0 Å². The molecule has 22 heavy (non-hydrogen) atoms. The van der Waals surface area contributed by atoms with Crippen molar-refractivity contribution in [2.75, 3.05) is 18.6 Å². The fourth-order valence-electron chi connectivity index (χ4n) is 2.01. The highest BCUT2D eigenvalue weighted by Crippen LogP contribution is 2.18. The van der Waals surface area contributed by atoms with E-state index in [2.05, 4.69) is 20.6 Å². The van der Waals surface area contributed by atoms with Crippen LogP contribution in [0, 0.1) is 10.1 Å².